The normalized spacial score (nSPS) is 14.8. The van der Waals surface area contributed by atoms with Crippen molar-refractivity contribution in [1.29, 1.82) is 0 Å². The molecule has 2 N–H and O–H groups in total. The third-order valence-corrected chi connectivity index (χ3v) is 6.60. The van der Waals surface area contributed by atoms with Gasteiger partial charge in [-0.15, -0.1) is 0 Å². The predicted octanol–water partition coefficient (Wildman–Crippen LogP) is 7.74. The number of aliphatic carboxylic acids is 2. The Bertz CT molecular complexity index is 429. The summed E-state index contributed by atoms with van der Waals surface area (Å²) >= 11 is 0. The van der Waals surface area contributed by atoms with E-state index in [2.05, 4.69) is 0 Å². The molecule has 0 bridgehead atoms. The summed E-state index contributed by atoms with van der Waals surface area (Å²) < 4.78 is 0. The van der Waals surface area contributed by atoms with Gasteiger partial charge in [-0.1, -0.05) is 109 Å². The van der Waals surface area contributed by atoms with E-state index < -0.39 is 11.9 Å². The fraction of sp³-hybridized carbons (Fsp3) is 0.920. The second-order valence-corrected chi connectivity index (χ2v) is 9.34. The second-order valence-electron chi connectivity index (χ2n) is 9.34. The van der Waals surface area contributed by atoms with Gasteiger partial charge in [-0.05, 0) is 25.7 Å². The van der Waals surface area contributed by atoms with Crippen molar-refractivity contribution in [3.05, 3.63) is 0 Å². The number of rotatable bonds is 22. The number of hydrogen-bond donors (Lipinski definition) is 2. The highest BCUT2D eigenvalue weighted by molar-refractivity contribution is 5.77. The van der Waals surface area contributed by atoms with E-state index in [0.717, 1.165) is 38.5 Å². The second kappa shape index (κ2) is 16.7. The molecular formula is C25H46O4. The molecule has 0 aromatic heterocycles. The Hall–Kier alpha value is -1.06. The zero-order valence-electron chi connectivity index (χ0n) is 18.8. The van der Waals surface area contributed by atoms with Crippen LogP contribution in [0.3, 0.4) is 0 Å². The summed E-state index contributed by atoms with van der Waals surface area (Å²) in [6, 6.07) is 0. The van der Waals surface area contributed by atoms with Crippen molar-refractivity contribution in [1.82, 2.24) is 0 Å². The van der Waals surface area contributed by atoms with Gasteiger partial charge in [-0.3, -0.25) is 9.59 Å². The van der Waals surface area contributed by atoms with E-state index in [1.807, 2.05) is 0 Å². The Balaban J connectivity index is 1.67. The third kappa shape index (κ3) is 14.5. The van der Waals surface area contributed by atoms with Gasteiger partial charge in [0.2, 0.25) is 0 Å². The fourth-order valence-electron chi connectivity index (χ4n) is 4.29. The molecule has 1 fully saturated rings. The smallest absolute Gasteiger partial charge is 0.309 e. The first-order valence-corrected chi connectivity index (χ1v) is 12.5. The summed E-state index contributed by atoms with van der Waals surface area (Å²) in [5.74, 6) is -1.23. The molecule has 0 aromatic carbocycles. The highest BCUT2D eigenvalue weighted by Crippen LogP contribution is 2.50. The maximum Gasteiger partial charge on any atom is 0.309 e. The summed E-state index contributed by atoms with van der Waals surface area (Å²) in [5.41, 5.74) is -0.316. The molecule has 0 atom stereocenters. The van der Waals surface area contributed by atoms with Gasteiger partial charge in [0.1, 0.15) is 0 Å². The van der Waals surface area contributed by atoms with E-state index in [9.17, 15) is 9.59 Å². The van der Waals surface area contributed by atoms with Crippen molar-refractivity contribution in [2.45, 2.75) is 141 Å². The maximum absolute atomic E-state index is 11.1. The number of hydrogen-bond acceptors (Lipinski definition) is 2. The summed E-state index contributed by atoms with van der Waals surface area (Å²) in [7, 11) is 0. The van der Waals surface area contributed by atoms with Crippen molar-refractivity contribution in [2.24, 2.45) is 5.41 Å². The van der Waals surface area contributed by atoms with E-state index in [-0.39, 0.29) is 5.41 Å². The minimum atomic E-state index is -0.666. The quantitative estimate of drug-likeness (QED) is 0.179. The Morgan fingerprint density at radius 2 is 0.828 bits per heavy atom. The summed E-state index contributed by atoms with van der Waals surface area (Å²) in [5, 5.41) is 17.7. The van der Waals surface area contributed by atoms with Crippen LogP contribution in [0.1, 0.15) is 141 Å². The zero-order chi connectivity index (χ0) is 21.2. The lowest BCUT2D eigenvalue weighted by atomic mass is 9.97. The lowest BCUT2D eigenvalue weighted by Crippen LogP contribution is -2.14. The van der Waals surface area contributed by atoms with Crippen molar-refractivity contribution in [3.8, 4) is 0 Å². The average molecular weight is 411 g/mol. The van der Waals surface area contributed by atoms with Gasteiger partial charge in [-0.25, -0.2) is 0 Å². The average Bonchev–Trinajstić information content (AvgIpc) is 3.47. The molecule has 0 radical (unpaired) electrons. The molecule has 0 spiro atoms. The standard InChI is InChI=1S/C25H46O4/c26-23(27)19-17-15-13-11-9-7-5-3-1-2-4-6-8-10-12-14-16-18-20-25(21-22-25)24(28)29/h1-22H2,(H,26,27)(H,28,29). The SMILES string of the molecule is O=C(O)CCCCCCCCCCCCCCCCCCCCC1(C(=O)O)CC1. The molecule has 0 amide bonds. The molecule has 1 saturated carbocycles. The minimum Gasteiger partial charge on any atom is -0.481 e. The van der Waals surface area contributed by atoms with Crippen molar-refractivity contribution in [3.63, 3.8) is 0 Å². The zero-order valence-corrected chi connectivity index (χ0v) is 18.8. The van der Waals surface area contributed by atoms with Crippen LogP contribution in [-0.4, -0.2) is 22.2 Å². The third-order valence-electron chi connectivity index (χ3n) is 6.60. The molecule has 29 heavy (non-hydrogen) atoms. The number of carboxylic acids is 2. The number of unbranched alkanes of at least 4 members (excludes halogenated alkanes) is 17. The van der Waals surface area contributed by atoms with Gasteiger partial charge in [-0.2, -0.15) is 0 Å². The lowest BCUT2D eigenvalue weighted by molar-refractivity contribution is -0.143. The van der Waals surface area contributed by atoms with E-state index >= 15 is 0 Å². The molecule has 4 nitrogen and oxygen atoms in total. The predicted molar refractivity (Wildman–Crippen MR) is 119 cm³/mol. The molecule has 1 aliphatic rings. The first-order chi connectivity index (χ1) is 14.1. The van der Waals surface area contributed by atoms with Crippen molar-refractivity contribution in [2.75, 3.05) is 0 Å². The lowest BCUT2D eigenvalue weighted by Gasteiger charge is -2.08. The first kappa shape index (κ1) is 26.0. The highest BCUT2D eigenvalue weighted by atomic mass is 16.4. The monoisotopic (exact) mass is 410 g/mol. The molecular weight excluding hydrogens is 364 g/mol. The van der Waals surface area contributed by atoms with Crippen LogP contribution in [0.15, 0.2) is 0 Å². The van der Waals surface area contributed by atoms with Crippen LogP contribution in [0.4, 0.5) is 0 Å². The van der Waals surface area contributed by atoms with Crippen molar-refractivity contribution >= 4 is 11.9 Å². The Kier molecular flexibility index (Phi) is 15.0. The van der Waals surface area contributed by atoms with Gasteiger partial charge in [0.05, 0.1) is 5.41 Å². The highest BCUT2D eigenvalue weighted by Gasteiger charge is 2.49. The van der Waals surface area contributed by atoms with Crippen LogP contribution in [-0.2, 0) is 9.59 Å². The molecule has 0 saturated heterocycles. The Morgan fingerprint density at radius 3 is 1.10 bits per heavy atom. The largest absolute Gasteiger partial charge is 0.481 e. The summed E-state index contributed by atoms with van der Waals surface area (Å²) in [6.07, 6.45) is 25.9. The van der Waals surface area contributed by atoms with Crippen LogP contribution < -0.4 is 0 Å². The van der Waals surface area contributed by atoms with Gasteiger partial charge in [0, 0.05) is 6.42 Å². The topological polar surface area (TPSA) is 74.6 Å². The first-order valence-electron chi connectivity index (χ1n) is 12.5. The van der Waals surface area contributed by atoms with Crippen LogP contribution in [0.5, 0.6) is 0 Å². The van der Waals surface area contributed by atoms with Gasteiger partial charge in [0.25, 0.3) is 0 Å². The number of carbonyl (C=O) groups is 2. The molecule has 0 aromatic rings. The van der Waals surface area contributed by atoms with Crippen LogP contribution in [0.2, 0.25) is 0 Å². The van der Waals surface area contributed by atoms with E-state index in [0.29, 0.717) is 6.42 Å². The van der Waals surface area contributed by atoms with Gasteiger partial charge in [0.15, 0.2) is 0 Å². The molecule has 0 aliphatic heterocycles. The molecule has 0 unspecified atom stereocenters. The van der Waals surface area contributed by atoms with Crippen molar-refractivity contribution < 1.29 is 19.8 Å². The summed E-state index contributed by atoms with van der Waals surface area (Å²) in [4.78, 5) is 21.5. The molecule has 170 valence electrons. The summed E-state index contributed by atoms with van der Waals surface area (Å²) in [6.45, 7) is 0. The van der Waals surface area contributed by atoms with Crippen LogP contribution >= 0.6 is 0 Å². The maximum atomic E-state index is 11.1. The number of carboxylic acid groups (broad SMARTS) is 2. The van der Waals surface area contributed by atoms with E-state index in [1.54, 1.807) is 0 Å². The molecule has 1 rings (SSSR count). The van der Waals surface area contributed by atoms with Crippen LogP contribution in [0, 0.1) is 5.41 Å². The van der Waals surface area contributed by atoms with Gasteiger partial charge < -0.3 is 10.2 Å². The molecule has 4 heteroatoms. The minimum absolute atomic E-state index is 0.316. The van der Waals surface area contributed by atoms with E-state index in [1.165, 1.54) is 96.3 Å². The van der Waals surface area contributed by atoms with Crippen LogP contribution in [0.25, 0.3) is 0 Å². The Morgan fingerprint density at radius 1 is 0.517 bits per heavy atom. The molecule has 0 heterocycles. The molecule has 1 aliphatic carbocycles. The van der Waals surface area contributed by atoms with Gasteiger partial charge >= 0.3 is 11.9 Å². The fourth-order valence-corrected chi connectivity index (χ4v) is 4.29. The Labute approximate surface area is 178 Å². The van der Waals surface area contributed by atoms with E-state index in [4.69, 9.17) is 10.2 Å².